The van der Waals surface area contributed by atoms with Crippen LogP contribution in [-0.2, 0) is 15.9 Å². The second kappa shape index (κ2) is 3.13. The van der Waals surface area contributed by atoms with Gasteiger partial charge in [-0.25, -0.2) is 0 Å². The number of hydrogen-bond donors (Lipinski definition) is 0. The van der Waals surface area contributed by atoms with Crippen molar-refractivity contribution in [3.05, 3.63) is 48.4 Å². The summed E-state index contributed by atoms with van der Waals surface area (Å²) in [4.78, 5) is 0. The fourth-order valence-corrected chi connectivity index (χ4v) is 1.42. The molecule has 0 N–H and O–H groups in total. The summed E-state index contributed by atoms with van der Waals surface area (Å²) < 4.78 is 10.7. The van der Waals surface area contributed by atoms with Crippen LogP contribution in [0.1, 0.15) is 12.5 Å². The van der Waals surface area contributed by atoms with Gasteiger partial charge in [0, 0.05) is 13.3 Å². The number of rotatable bonds is 2. The Balaban J connectivity index is 2.06. The Morgan fingerprint density at radius 2 is 1.69 bits per heavy atom. The quantitative estimate of drug-likeness (QED) is 0.689. The molecule has 2 heteroatoms. The molecule has 13 heavy (non-hydrogen) atoms. The Kier molecular flexibility index (Phi) is 1.97. The first kappa shape index (κ1) is 8.17. The van der Waals surface area contributed by atoms with E-state index in [-0.39, 0.29) is 0 Å². The fourth-order valence-electron chi connectivity index (χ4n) is 1.42. The highest BCUT2D eigenvalue weighted by atomic mass is 16.7. The summed E-state index contributed by atoms with van der Waals surface area (Å²) in [5.41, 5.74) is 1.22. The first-order valence-corrected chi connectivity index (χ1v) is 4.33. The molecular weight excluding hydrogens is 164 g/mol. The first-order chi connectivity index (χ1) is 6.29. The highest BCUT2D eigenvalue weighted by molar-refractivity contribution is 5.16. The van der Waals surface area contributed by atoms with Crippen molar-refractivity contribution < 1.29 is 9.47 Å². The predicted molar refractivity (Wildman–Crippen MR) is 49.9 cm³/mol. The lowest BCUT2D eigenvalue weighted by atomic mass is 10.1. The van der Waals surface area contributed by atoms with Gasteiger partial charge in [0.15, 0.2) is 0 Å². The third kappa shape index (κ3) is 1.83. The van der Waals surface area contributed by atoms with Crippen LogP contribution < -0.4 is 0 Å². The molecule has 0 aliphatic carbocycles. The van der Waals surface area contributed by atoms with Crippen LogP contribution in [0.25, 0.3) is 0 Å². The van der Waals surface area contributed by atoms with E-state index in [4.69, 9.17) is 9.47 Å². The largest absolute Gasteiger partial charge is 0.457 e. The number of benzene rings is 1. The van der Waals surface area contributed by atoms with Crippen LogP contribution in [0.2, 0.25) is 0 Å². The number of hydrogen-bond acceptors (Lipinski definition) is 2. The molecule has 0 spiro atoms. The van der Waals surface area contributed by atoms with E-state index < -0.39 is 5.79 Å². The van der Waals surface area contributed by atoms with Crippen molar-refractivity contribution in [1.29, 1.82) is 0 Å². The average molecular weight is 176 g/mol. The Hall–Kier alpha value is -1.44. The first-order valence-electron chi connectivity index (χ1n) is 4.33. The van der Waals surface area contributed by atoms with Crippen molar-refractivity contribution in [2.24, 2.45) is 0 Å². The van der Waals surface area contributed by atoms with E-state index in [0.717, 1.165) is 6.42 Å². The van der Waals surface area contributed by atoms with Crippen molar-refractivity contribution in [2.75, 3.05) is 0 Å². The molecule has 0 atom stereocenters. The van der Waals surface area contributed by atoms with Crippen molar-refractivity contribution in [3.63, 3.8) is 0 Å². The lowest BCUT2D eigenvalue weighted by molar-refractivity contribution is -0.124. The summed E-state index contributed by atoms with van der Waals surface area (Å²) in [7, 11) is 0. The van der Waals surface area contributed by atoms with Gasteiger partial charge >= 0.3 is 0 Å². The van der Waals surface area contributed by atoms with E-state index in [1.807, 2.05) is 25.1 Å². The Morgan fingerprint density at radius 1 is 1.08 bits per heavy atom. The van der Waals surface area contributed by atoms with E-state index >= 15 is 0 Å². The number of ether oxygens (including phenoxy) is 2. The molecule has 1 aromatic rings. The van der Waals surface area contributed by atoms with Gasteiger partial charge in [-0.05, 0) is 5.56 Å². The van der Waals surface area contributed by atoms with Crippen LogP contribution in [-0.4, -0.2) is 5.79 Å². The molecule has 2 nitrogen and oxygen atoms in total. The van der Waals surface area contributed by atoms with Crippen LogP contribution in [0.3, 0.4) is 0 Å². The third-order valence-electron chi connectivity index (χ3n) is 2.06. The minimum Gasteiger partial charge on any atom is -0.457 e. The Labute approximate surface area is 77.8 Å². The van der Waals surface area contributed by atoms with Crippen LogP contribution in [0, 0.1) is 0 Å². The topological polar surface area (TPSA) is 18.5 Å². The molecule has 0 radical (unpaired) electrons. The van der Waals surface area contributed by atoms with Gasteiger partial charge in [-0.3, -0.25) is 0 Å². The predicted octanol–water partition coefficient (Wildman–Crippen LogP) is 2.46. The van der Waals surface area contributed by atoms with E-state index in [0.29, 0.717) is 0 Å². The monoisotopic (exact) mass is 176 g/mol. The molecule has 2 rings (SSSR count). The maximum atomic E-state index is 5.34. The zero-order valence-electron chi connectivity index (χ0n) is 7.57. The third-order valence-corrected chi connectivity index (χ3v) is 2.06. The Bertz CT molecular complexity index is 295. The molecule has 0 unspecified atom stereocenters. The van der Waals surface area contributed by atoms with Gasteiger partial charge in [0.2, 0.25) is 0 Å². The van der Waals surface area contributed by atoms with Crippen molar-refractivity contribution in [1.82, 2.24) is 0 Å². The van der Waals surface area contributed by atoms with Gasteiger partial charge in [-0.1, -0.05) is 30.3 Å². The van der Waals surface area contributed by atoms with Crippen LogP contribution >= 0.6 is 0 Å². The van der Waals surface area contributed by atoms with Gasteiger partial charge in [-0.2, -0.15) is 0 Å². The molecule has 0 bridgehead atoms. The summed E-state index contributed by atoms with van der Waals surface area (Å²) in [6, 6.07) is 10.2. The van der Waals surface area contributed by atoms with E-state index in [1.54, 1.807) is 12.5 Å². The SMILES string of the molecule is CC1(Cc2ccccc2)OC=CO1. The minimum absolute atomic E-state index is 0.513. The summed E-state index contributed by atoms with van der Waals surface area (Å²) in [6.07, 6.45) is 3.94. The molecule has 1 aliphatic heterocycles. The van der Waals surface area contributed by atoms with E-state index in [1.165, 1.54) is 5.56 Å². The maximum absolute atomic E-state index is 5.34. The highest BCUT2D eigenvalue weighted by Gasteiger charge is 2.29. The normalized spacial score (nSPS) is 17.9. The summed E-state index contributed by atoms with van der Waals surface area (Å²) in [5, 5.41) is 0. The molecule has 0 saturated carbocycles. The zero-order valence-corrected chi connectivity index (χ0v) is 7.57. The zero-order chi connectivity index (χ0) is 9.15. The standard InChI is InChI=1S/C11H12O2/c1-11(12-7-8-13-11)9-10-5-3-2-4-6-10/h2-8H,9H2,1H3. The average Bonchev–Trinajstić information content (AvgIpc) is 2.54. The van der Waals surface area contributed by atoms with Crippen molar-refractivity contribution >= 4 is 0 Å². The summed E-state index contributed by atoms with van der Waals surface area (Å²) in [6.45, 7) is 1.93. The lowest BCUT2D eigenvalue weighted by Crippen LogP contribution is -2.28. The van der Waals surface area contributed by atoms with Gasteiger partial charge in [0.1, 0.15) is 12.5 Å². The molecule has 1 heterocycles. The highest BCUT2D eigenvalue weighted by Crippen LogP contribution is 2.23. The fraction of sp³-hybridized carbons (Fsp3) is 0.273. The van der Waals surface area contributed by atoms with E-state index in [2.05, 4.69) is 12.1 Å². The minimum atomic E-state index is -0.513. The molecular formula is C11H12O2. The Morgan fingerprint density at radius 3 is 2.31 bits per heavy atom. The lowest BCUT2D eigenvalue weighted by Gasteiger charge is -2.22. The molecule has 0 aromatic heterocycles. The summed E-state index contributed by atoms with van der Waals surface area (Å²) in [5.74, 6) is -0.513. The van der Waals surface area contributed by atoms with Crippen LogP contribution in [0.5, 0.6) is 0 Å². The van der Waals surface area contributed by atoms with Crippen LogP contribution in [0.15, 0.2) is 42.9 Å². The van der Waals surface area contributed by atoms with Crippen LogP contribution in [0.4, 0.5) is 0 Å². The molecule has 1 aliphatic rings. The maximum Gasteiger partial charge on any atom is 0.251 e. The second-order valence-corrected chi connectivity index (χ2v) is 3.30. The molecule has 0 fully saturated rings. The molecule has 0 amide bonds. The molecule has 0 saturated heterocycles. The molecule has 68 valence electrons. The van der Waals surface area contributed by atoms with Gasteiger partial charge in [0.25, 0.3) is 5.79 Å². The molecule has 1 aromatic carbocycles. The smallest absolute Gasteiger partial charge is 0.251 e. The van der Waals surface area contributed by atoms with Crippen molar-refractivity contribution in [2.45, 2.75) is 19.1 Å². The summed E-state index contributed by atoms with van der Waals surface area (Å²) >= 11 is 0. The van der Waals surface area contributed by atoms with E-state index in [9.17, 15) is 0 Å². The van der Waals surface area contributed by atoms with Crippen molar-refractivity contribution in [3.8, 4) is 0 Å². The van der Waals surface area contributed by atoms with Gasteiger partial charge < -0.3 is 9.47 Å². The van der Waals surface area contributed by atoms with Gasteiger partial charge in [-0.15, -0.1) is 0 Å². The second-order valence-electron chi connectivity index (χ2n) is 3.30. The van der Waals surface area contributed by atoms with Gasteiger partial charge in [0.05, 0.1) is 0 Å².